The van der Waals surface area contributed by atoms with E-state index in [0.29, 0.717) is 6.54 Å². The minimum absolute atomic E-state index is 0.179. The lowest BCUT2D eigenvalue weighted by Crippen LogP contribution is -2.41. The molecule has 146 valence electrons. The van der Waals surface area contributed by atoms with Gasteiger partial charge < -0.3 is 10.2 Å². The molecule has 2 saturated carbocycles. The van der Waals surface area contributed by atoms with Crippen molar-refractivity contribution >= 4 is 5.91 Å². The van der Waals surface area contributed by atoms with Crippen LogP contribution in [0.25, 0.3) is 0 Å². The summed E-state index contributed by atoms with van der Waals surface area (Å²) in [5.74, 6) is 2.23. The molecule has 0 aromatic carbocycles. The van der Waals surface area contributed by atoms with E-state index < -0.39 is 0 Å². The number of nitrogens with one attached hydrogen (secondary N) is 1. The summed E-state index contributed by atoms with van der Waals surface area (Å²) in [6.07, 6.45) is 20.6. The summed E-state index contributed by atoms with van der Waals surface area (Å²) in [5, 5.41) is 12.2. The first-order valence-corrected chi connectivity index (χ1v) is 11.2. The zero-order chi connectivity index (χ0) is 18.2. The number of carbonyl (C=O) groups excluding carboxylic acids is 1. The minimum atomic E-state index is 0.179. The van der Waals surface area contributed by atoms with Crippen molar-refractivity contribution in [3.63, 3.8) is 0 Å². The SMILES string of the molecule is N#CN1CC[C@@H](NC(=O)C2CCC(C3CCCCCCCCC3)CC2)C1. The number of amides is 1. The third-order valence-electron chi connectivity index (χ3n) is 7.14. The molecule has 3 rings (SSSR count). The zero-order valence-corrected chi connectivity index (χ0v) is 16.4. The van der Waals surface area contributed by atoms with Gasteiger partial charge in [0.05, 0.1) is 0 Å². The number of nitriles is 1. The monoisotopic (exact) mass is 359 g/mol. The first-order chi connectivity index (χ1) is 12.8. The molecule has 1 atom stereocenters. The highest BCUT2D eigenvalue weighted by molar-refractivity contribution is 5.79. The number of rotatable bonds is 3. The summed E-state index contributed by atoms with van der Waals surface area (Å²) < 4.78 is 0. The standard InChI is InChI=1S/C22H37N3O/c23-17-25-15-14-21(16-25)24-22(26)20-12-10-19(11-13-20)18-8-6-4-2-1-3-5-7-9-18/h18-21H,1-16H2,(H,24,26)/t19?,20?,21-/m1/s1. The number of carbonyl (C=O) groups is 1. The van der Waals surface area contributed by atoms with Crippen LogP contribution in [0.15, 0.2) is 0 Å². The van der Waals surface area contributed by atoms with E-state index in [9.17, 15) is 4.79 Å². The van der Waals surface area contributed by atoms with E-state index in [2.05, 4.69) is 11.5 Å². The third kappa shape index (κ3) is 5.63. The topological polar surface area (TPSA) is 56.1 Å². The smallest absolute Gasteiger partial charge is 0.223 e. The van der Waals surface area contributed by atoms with Gasteiger partial charge in [0, 0.05) is 25.0 Å². The van der Waals surface area contributed by atoms with Crippen LogP contribution >= 0.6 is 0 Å². The van der Waals surface area contributed by atoms with Crippen LogP contribution in [-0.4, -0.2) is 29.9 Å². The number of nitrogens with zero attached hydrogens (tertiary/aromatic N) is 2. The lowest BCUT2D eigenvalue weighted by atomic mass is 9.72. The summed E-state index contributed by atoms with van der Waals surface area (Å²) in [6.45, 7) is 1.48. The molecule has 1 heterocycles. The number of hydrogen-bond donors (Lipinski definition) is 1. The second kappa shape index (κ2) is 10.2. The molecule has 0 aromatic rings. The van der Waals surface area contributed by atoms with Gasteiger partial charge in [0.25, 0.3) is 0 Å². The second-order valence-corrected chi connectivity index (χ2v) is 8.96. The Morgan fingerprint density at radius 2 is 1.38 bits per heavy atom. The Hall–Kier alpha value is -1.24. The fraction of sp³-hybridized carbons (Fsp3) is 0.909. The molecule has 2 aliphatic carbocycles. The molecular formula is C22H37N3O. The van der Waals surface area contributed by atoms with Crippen LogP contribution < -0.4 is 5.32 Å². The molecule has 3 fully saturated rings. The fourth-order valence-corrected chi connectivity index (χ4v) is 5.45. The Morgan fingerprint density at radius 3 is 1.96 bits per heavy atom. The summed E-state index contributed by atoms with van der Waals surface area (Å²) >= 11 is 0. The molecule has 1 saturated heterocycles. The first-order valence-electron chi connectivity index (χ1n) is 11.2. The van der Waals surface area contributed by atoms with Crippen LogP contribution in [0.3, 0.4) is 0 Å². The molecule has 0 unspecified atom stereocenters. The Kier molecular flexibility index (Phi) is 7.65. The molecule has 0 bridgehead atoms. The van der Waals surface area contributed by atoms with Crippen molar-refractivity contribution in [1.82, 2.24) is 10.2 Å². The van der Waals surface area contributed by atoms with Crippen molar-refractivity contribution in [3.05, 3.63) is 0 Å². The molecule has 1 N–H and O–H groups in total. The minimum Gasteiger partial charge on any atom is -0.351 e. The highest BCUT2D eigenvalue weighted by Crippen LogP contribution is 2.38. The molecule has 0 spiro atoms. The lowest BCUT2D eigenvalue weighted by molar-refractivity contribution is -0.127. The van der Waals surface area contributed by atoms with Crippen LogP contribution in [0, 0.1) is 29.2 Å². The highest BCUT2D eigenvalue weighted by atomic mass is 16.2. The maximum absolute atomic E-state index is 12.6. The van der Waals surface area contributed by atoms with Gasteiger partial charge in [-0.25, -0.2) is 0 Å². The van der Waals surface area contributed by atoms with Gasteiger partial charge in [0.15, 0.2) is 6.19 Å². The fourth-order valence-electron chi connectivity index (χ4n) is 5.45. The van der Waals surface area contributed by atoms with E-state index in [1.54, 1.807) is 4.90 Å². The molecule has 3 aliphatic rings. The highest BCUT2D eigenvalue weighted by Gasteiger charge is 2.32. The van der Waals surface area contributed by atoms with Gasteiger partial charge in [-0.1, -0.05) is 57.8 Å². The lowest BCUT2D eigenvalue weighted by Gasteiger charge is -2.34. The summed E-state index contributed by atoms with van der Waals surface area (Å²) in [4.78, 5) is 14.4. The maximum Gasteiger partial charge on any atom is 0.223 e. The molecule has 0 radical (unpaired) electrons. The van der Waals surface area contributed by atoms with Gasteiger partial charge in [-0.3, -0.25) is 4.79 Å². The van der Waals surface area contributed by atoms with Gasteiger partial charge in [-0.2, -0.15) is 5.26 Å². The second-order valence-electron chi connectivity index (χ2n) is 8.96. The summed E-state index contributed by atoms with van der Waals surface area (Å²) in [7, 11) is 0. The number of likely N-dealkylation sites (tertiary alicyclic amines) is 1. The quantitative estimate of drug-likeness (QED) is 0.749. The van der Waals surface area contributed by atoms with Gasteiger partial charge in [-0.15, -0.1) is 0 Å². The van der Waals surface area contributed by atoms with E-state index in [1.165, 1.54) is 70.6 Å². The predicted molar refractivity (Wildman–Crippen MR) is 104 cm³/mol. The first kappa shape index (κ1) is 19.5. The average molecular weight is 360 g/mol. The van der Waals surface area contributed by atoms with Crippen LogP contribution in [0.1, 0.15) is 89.9 Å². The molecule has 0 aromatic heterocycles. The van der Waals surface area contributed by atoms with E-state index in [1.807, 2.05) is 0 Å². The summed E-state index contributed by atoms with van der Waals surface area (Å²) in [6, 6.07) is 0.179. The van der Waals surface area contributed by atoms with E-state index in [4.69, 9.17) is 5.26 Å². The van der Waals surface area contributed by atoms with Crippen LogP contribution in [-0.2, 0) is 4.79 Å². The van der Waals surface area contributed by atoms with Crippen molar-refractivity contribution in [3.8, 4) is 6.19 Å². The van der Waals surface area contributed by atoms with E-state index in [0.717, 1.165) is 37.6 Å². The molecular weight excluding hydrogens is 322 g/mol. The Morgan fingerprint density at radius 1 is 0.808 bits per heavy atom. The van der Waals surface area contributed by atoms with Crippen molar-refractivity contribution in [2.45, 2.75) is 95.9 Å². The molecule has 4 heteroatoms. The van der Waals surface area contributed by atoms with Gasteiger partial charge in [-0.05, 0) is 43.9 Å². The van der Waals surface area contributed by atoms with Gasteiger partial charge >= 0.3 is 0 Å². The molecule has 1 aliphatic heterocycles. The van der Waals surface area contributed by atoms with Crippen molar-refractivity contribution in [2.24, 2.45) is 17.8 Å². The van der Waals surface area contributed by atoms with Gasteiger partial charge in [0.1, 0.15) is 0 Å². The van der Waals surface area contributed by atoms with Gasteiger partial charge in [0.2, 0.25) is 5.91 Å². The Bertz CT molecular complexity index is 468. The van der Waals surface area contributed by atoms with Crippen LogP contribution in [0.2, 0.25) is 0 Å². The van der Waals surface area contributed by atoms with Crippen molar-refractivity contribution in [2.75, 3.05) is 13.1 Å². The number of hydrogen-bond acceptors (Lipinski definition) is 3. The van der Waals surface area contributed by atoms with Crippen molar-refractivity contribution < 1.29 is 4.79 Å². The van der Waals surface area contributed by atoms with Crippen molar-refractivity contribution in [1.29, 1.82) is 5.26 Å². The average Bonchev–Trinajstić information content (AvgIpc) is 3.13. The zero-order valence-electron chi connectivity index (χ0n) is 16.4. The normalized spacial score (nSPS) is 32.0. The Balaban J connectivity index is 1.41. The predicted octanol–water partition coefficient (Wildman–Crippen LogP) is 4.61. The molecule has 26 heavy (non-hydrogen) atoms. The largest absolute Gasteiger partial charge is 0.351 e. The molecule has 1 amide bonds. The molecule has 4 nitrogen and oxygen atoms in total. The van der Waals surface area contributed by atoms with Crippen LogP contribution in [0.5, 0.6) is 0 Å². The Labute approximate surface area is 159 Å². The van der Waals surface area contributed by atoms with E-state index >= 15 is 0 Å². The maximum atomic E-state index is 12.6. The van der Waals surface area contributed by atoms with E-state index in [-0.39, 0.29) is 17.9 Å². The third-order valence-corrected chi connectivity index (χ3v) is 7.14. The summed E-state index contributed by atoms with van der Waals surface area (Å²) in [5.41, 5.74) is 0. The van der Waals surface area contributed by atoms with Crippen LogP contribution in [0.4, 0.5) is 0 Å².